The van der Waals surface area contributed by atoms with E-state index in [9.17, 15) is 0 Å². The van der Waals surface area contributed by atoms with Crippen molar-refractivity contribution in [3.63, 3.8) is 0 Å². The van der Waals surface area contributed by atoms with Gasteiger partial charge in [0.05, 0.1) is 0 Å². The summed E-state index contributed by atoms with van der Waals surface area (Å²) in [5.74, 6) is 1.76. The summed E-state index contributed by atoms with van der Waals surface area (Å²) in [6.45, 7) is 1.75. The van der Waals surface area contributed by atoms with Crippen molar-refractivity contribution >= 4 is 0 Å². The van der Waals surface area contributed by atoms with Crippen LogP contribution < -0.4 is 11.1 Å². The van der Waals surface area contributed by atoms with Gasteiger partial charge >= 0.3 is 0 Å². The molecule has 92 valence electrons. The summed E-state index contributed by atoms with van der Waals surface area (Å²) in [7, 11) is 0. The molecule has 0 aliphatic heterocycles. The van der Waals surface area contributed by atoms with E-state index >= 15 is 0 Å². The van der Waals surface area contributed by atoms with E-state index in [-0.39, 0.29) is 5.54 Å². The summed E-state index contributed by atoms with van der Waals surface area (Å²) in [6, 6.07) is 10.6. The van der Waals surface area contributed by atoms with Gasteiger partial charge in [0.1, 0.15) is 0 Å². The SMILES string of the molecule is NCC1(NCc2ccccc2)CC2CCC1C2. The van der Waals surface area contributed by atoms with E-state index in [0.29, 0.717) is 0 Å². The standard InChI is InChI=1S/C15H22N2/c16-11-15(9-13-6-7-14(15)8-13)17-10-12-4-2-1-3-5-12/h1-5,13-14,17H,6-11,16H2. The van der Waals surface area contributed by atoms with Gasteiger partial charge in [0.15, 0.2) is 0 Å². The third-order valence-electron chi connectivity index (χ3n) is 4.83. The van der Waals surface area contributed by atoms with Gasteiger partial charge in [-0.2, -0.15) is 0 Å². The Hall–Kier alpha value is -0.860. The molecule has 3 rings (SSSR count). The minimum absolute atomic E-state index is 0.235. The molecule has 2 saturated carbocycles. The Bertz CT molecular complexity index is 376. The fraction of sp³-hybridized carbons (Fsp3) is 0.600. The molecule has 0 radical (unpaired) electrons. The van der Waals surface area contributed by atoms with Crippen molar-refractivity contribution in [3.8, 4) is 0 Å². The third-order valence-corrected chi connectivity index (χ3v) is 4.83. The Labute approximate surface area is 104 Å². The van der Waals surface area contributed by atoms with Gasteiger partial charge in [-0.05, 0) is 36.7 Å². The molecule has 2 bridgehead atoms. The summed E-state index contributed by atoms with van der Waals surface area (Å²) in [6.07, 6.45) is 5.50. The monoisotopic (exact) mass is 230 g/mol. The fourth-order valence-electron chi connectivity index (χ4n) is 3.86. The highest BCUT2D eigenvalue weighted by Crippen LogP contribution is 2.50. The number of nitrogens with one attached hydrogen (secondary N) is 1. The van der Waals surface area contributed by atoms with Crippen LogP contribution in [0.2, 0.25) is 0 Å². The molecule has 0 spiro atoms. The van der Waals surface area contributed by atoms with E-state index in [1.54, 1.807) is 0 Å². The molecule has 3 N–H and O–H groups in total. The summed E-state index contributed by atoms with van der Waals surface area (Å²) in [4.78, 5) is 0. The van der Waals surface area contributed by atoms with Crippen LogP contribution in [0.5, 0.6) is 0 Å². The van der Waals surface area contributed by atoms with Crippen LogP contribution in [0.25, 0.3) is 0 Å². The molecule has 2 aliphatic rings. The highest BCUT2D eigenvalue weighted by Gasteiger charge is 2.49. The summed E-state index contributed by atoms with van der Waals surface area (Å²) in [5.41, 5.74) is 7.66. The molecule has 2 nitrogen and oxygen atoms in total. The molecule has 2 aliphatic carbocycles. The Morgan fingerprint density at radius 2 is 2.06 bits per heavy atom. The predicted molar refractivity (Wildman–Crippen MR) is 70.5 cm³/mol. The maximum absolute atomic E-state index is 6.06. The van der Waals surface area contributed by atoms with E-state index in [0.717, 1.165) is 24.9 Å². The second-order valence-electron chi connectivity index (χ2n) is 5.78. The van der Waals surface area contributed by atoms with E-state index in [1.807, 2.05) is 0 Å². The molecule has 1 aromatic carbocycles. The van der Waals surface area contributed by atoms with Crippen molar-refractivity contribution in [3.05, 3.63) is 35.9 Å². The maximum Gasteiger partial charge on any atom is 0.0338 e. The topological polar surface area (TPSA) is 38.0 Å². The summed E-state index contributed by atoms with van der Waals surface area (Å²) >= 11 is 0. The molecule has 0 heterocycles. The highest BCUT2D eigenvalue weighted by atomic mass is 15.0. The van der Waals surface area contributed by atoms with Gasteiger partial charge in [0.2, 0.25) is 0 Å². The third kappa shape index (κ3) is 2.00. The first-order valence-corrected chi connectivity index (χ1v) is 6.81. The molecule has 3 atom stereocenters. The summed E-state index contributed by atoms with van der Waals surface area (Å²) in [5, 5.41) is 3.77. The molecule has 0 saturated heterocycles. The van der Waals surface area contributed by atoms with Crippen LogP contribution >= 0.6 is 0 Å². The lowest BCUT2D eigenvalue weighted by molar-refractivity contribution is 0.214. The van der Waals surface area contributed by atoms with E-state index in [1.165, 1.54) is 31.2 Å². The number of rotatable bonds is 4. The van der Waals surface area contributed by atoms with Crippen LogP contribution in [0.3, 0.4) is 0 Å². The first kappa shape index (κ1) is 11.2. The normalized spacial score (nSPS) is 35.4. The van der Waals surface area contributed by atoms with Gasteiger partial charge in [-0.1, -0.05) is 36.8 Å². The minimum Gasteiger partial charge on any atom is -0.329 e. The lowest BCUT2D eigenvalue weighted by Gasteiger charge is -2.38. The second kappa shape index (κ2) is 4.43. The fourth-order valence-corrected chi connectivity index (χ4v) is 3.86. The predicted octanol–water partition coefficient (Wildman–Crippen LogP) is 2.29. The van der Waals surface area contributed by atoms with E-state index in [2.05, 4.69) is 35.6 Å². The van der Waals surface area contributed by atoms with Gasteiger partial charge in [0.25, 0.3) is 0 Å². The van der Waals surface area contributed by atoms with Crippen molar-refractivity contribution in [2.45, 2.75) is 37.8 Å². The number of nitrogens with two attached hydrogens (primary N) is 1. The van der Waals surface area contributed by atoms with Gasteiger partial charge in [-0.25, -0.2) is 0 Å². The molecule has 2 heteroatoms. The zero-order chi connectivity index (χ0) is 11.7. The first-order valence-electron chi connectivity index (χ1n) is 6.81. The van der Waals surface area contributed by atoms with Gasteiger partial charge in [0, 0.05) is 18.6 Å². The lowest BCUT2D eigenvalue weighted by Crippen LogP contribution is -2.54. The Kier molecular flexibility index (Phi) is 2.93. The number of hydrogen-bond donors (Lipinski definition) is 2. The van der Waals surface area contributed by atoms with Crippen LogP contribution in [0.4, 0.5) is 0 Å². The van der Waals surface area contributed by atoms with Crippen molar-refractivity contribution < 1.29 is 0 Å². The zero-order valence-corrected chi connectivity index (χ0v) is 10.4. The molecular formula is C15H22N2. The van der Waals surface area contributed by atoms with E-state index in [4.69, 9.17) is 5.73 Å². The Balaban J connectivity index is 1.67. The van der Waals surface area contributed by atoms with Gasteiger partial charge < -0.3 is 11.1 Å². The Morgan fingerprint density at radius 1 is 1.24 bits per heavy atom. The van der Waals surface area contributed by atoms with Crippen LogP contribution in [0, 0.1) is 11.8 Å². The van der Waals surface area contributed by atoms with Crippen LogP contribution in [0.15, 0.2) is 30.3 Å². The molecule has 3 unspecified atom stereocenters. The largest absolute Gasteiger partial charge is 0.329 e. The first-order chi connectivity index (χ1) is 8.32. The number of benzene rings is 1. The summed E-state index contributed by atoms with van der Waals surface area (Å²) < 4.78 is 0. The lowest BCUT2D eigenvalue weighted by atomic mass is 9.81. The minimum atomic E-state index is 0.235. The van der Waals surface area contributed by atoms with Crippen LogP contribution in [-0.4, -0.2) is 12.1 Å². The average molecular weight is 230 g/mol. The van der Waals surface area contributed by atoms with Crippen LogP contribution in [0.1, 0.15) is 31.2 Å². The maximum atomic E-state index is 6.06. The van der Waals surface area contributed by atoms with E-state index < -0.39 is 0 Å². The van der Waals surface area contributed by atoms with Crippen molar-refractivity contribution in [1.82, 2.24) is 5.32 Å². The van der Waals surface area contributed by atoms with Crippen molar-refractivity contribution in [2.75, 3.05) is 6.54 Å². The number of hydrogen-bond acceptors (Lipinski definition) is 2. The Morgan fingerprint density at radius 3 is 2.65 bits per heavy atom. The van der Waals surface area contributed by atoms with Gasteiger partial charge in [-0.15, -0.1) is 0 Å². The molecule has 1 aromatic rings. The molecule has 17 heavy (non-hydrogen) atoms. The van der Waals surface area contributed by atoms with Crippen molar-refractivity contribution in [1.29, 1.82) is 0 Å². The number of fused-ring (bicyclic) bond motifs is 2. The second-order valence-corrected chi connectivity index (χ2v) is 5.78. The highest BCUT2D eigenvalue weighted by molar-refractivity contribution is 5.16. The molecule has 0 amide bonds. The quantitative estimate of drug-likeness (QED) is 0.833. The van der Waals surface area contributed by atoms with Crippen LogP contribution in [-0.2, 0) is 6.54 Å². The average Bonchev–Trinajstić information content (AvgIpc) is 2.98. The smallest absolute Gasteiger partial charge is 0.0338 e. The van der Waals surface area contributed by atoms with Gasteiger partial charge in [-0.3, -0.25) is 0 Å². The molecule has 2 fully saturated rings. The zero-order valence-electron chi connectivity index (χ0n) is 10.4. The van der Waals surface area contributed by atoms with Crippen molar-refractivity contribution in [2.24, 2.45) is 17.6 Å². The molecule has 0 aromatic heterocycles. The molecular weight excluding hydrogens is 208 g/mol.